The fraction of sp³-hybridized carbons (Fsp3) is 0.106. The summed E-state index contributed by atoms with van der Waals surface area (Å²) in [6.07, 6.45) is 14.1. The first-order valence-electron chi connectivity index (χ1n) is 30.4. The van der Waals surface area contributed by atoms with Gasteiger partial charge in [0.25, 0.3) is 0 Å². The van der Waals surface area contributed by atoms with Gasteiger partial charge in [0.15, 0.2) is 0 Å². The number of aryl methyl sites for hydroxylation is 6. The Hall–Kier alpha value is -10.1. The largest absolute Gasteiger partial charge is 0.310 e. The van der Waals surface area contributed by atoms with Crippen LogP contribution < -0.4 is 4.90 Å². The van der Waals surface area contributed by atoms with Gasteiger partial charge in [-0.2, -0.15) is 0 Å². The van der Waals surface area contributed by atoms with Gasteiger partial charge in [0.2, 0.25) is 0 Å². The molecule has 0 N–H and O–H groups in total. The fourth-order valence-corrected chi connectivity index (χ4v) is 15.0. The normalized spacial score (nSPS) is 15.6. The fourth-order valence-electron chi connectivity index (χ4n) is 15.0. The first-order valence-corrected chi connectivity index (χ1v) is 30.4. The van der Waals surface area contributed by atoms with E-state index >= 15 is 0 Å². The maximum Gasteiger partial charge on any atom is 0.0491 e. The SMILES string of the molecule is Cc1cc(C2=C3C=CC=CC3C(C)(c3c(C)ccc4ccccc34)C=C2)ccc1N(c1ccc(-c2ccc(-c3c(C)ccc4ccccc34)c3ccccc23)cc1C)c1ccc(-c2ccc(-c3c(C)ccc4ccccc34)c3ccccc23)cc1C. The van der Waals surface area contributed by atoms with Crippen LogP contribution in [0.1, 0.15) is 51.4 Å². The summed E-state index contributed by atoms with van der Waals surface area (Å²) in [4.78, 5) is 2.52. The molecule has 0 aliphatic heterocycles. The summed E-state index contributed by atoms with van der Waals surface area (Å²) in [5, 5.41) is 12.7. The number of allylic oxidation sites excluding steroid dienone is 8. The van der Waals surface area contributed by atoms with E-state index in [-0.39, 0.29) is 11.3 Å². The quantitative estimate of drug-likeness (QED) is 0.139. The highest BCUT2D eigenvalue weighted by molar-refractivity contribution is 6.12. The average Bonchev–Trinajstić information content (AvgIpc) is 0.938. The van der Waals surface area contributed by atoms with E-state index in [4.69, 9.17) is 0 Å². The van der Waals surface area contributed by atoms with Gasteiger partial charge in [-0.3, -0.25) is 0 Å². The van der Waals surface area contributed by atoms with Gasteiger partial charge < -0.3 is 4.90 Å². The number of fused-ring (bicyclic) bond motifs is 6. The zero-order valence-corrected chi connectivity index (χ0v) is 50.0. The van der Waals surface area contributed by atoms with E-state index in [9.17, 15) is 0 Å². The summed E-state index contributed by atoms with van der Waals surface area (Å²) in [6.45, 7) is 16.1. The van der Waals surface area contributed by atoms with Gasteiger partial charge in [-0.1, -0.05) is 244 Å². The Balaban J connectivity index is 0.856. The minimum Gasteiger partial charge on any atom is -0.310 e. The van der Waals surface area contributed by atoms with Crippen molar-refractivity contribution in [2.24, 2.45) is 5.92 Å². The zero-order chi connectivity index (χ0) is 58.4. The Morgan fingerprint density at radius 3 is 1.21 bits per heavy atom. The Kier molecular flexibility index (Phi) is 12.8. The van der Waals surface area contributed by atoms with Crippen LogP contribution in [0.3, 0.4) is 0 Å². The summed E-state index contributed by atoms with van der Waals surface area (Å²) in [6, 6.07) is 88.7. The van der Waals surface area contributed by atoms with Crippen molar-refractivity contribution < 1.29 is 0 Å². The molecule has 2 atom stereocenters. The summed E-state index contributed by atoms with van der Waals surface area (Å²) in [5.41, 5.74) is 25.9. The monoisotopic (exact) mass is 1100 g/mol. The Labute approximate surface area is 505 Å². The molecule has 2 unspecified atom stereocenters. The van der Waals surface area contributed by atoms with Crippen molar-refractivity contribution in [3.8, 4) is 44.5 Å². The van der Waals surface area contributed by atoms with Crippen molar-refractivity contribution in [3.63, 3.8) is 0 Å². The summed E-state index contributed by atoms with van der Waals surface area (Å²) in [7, 11) is 0. The third-order valence-corrected chi connectivity index (χ3v) is 19.2. The maximum absolute atomic E-state index is 2.52. The second kappa shape index (κ2) is 20.9. The van der Waals surface area contributed by atoms with Gasteiger partial charge in [-0.05, 0) is 232 Å². The predicted octanol–water partition coefficient (Wildman–Crippen LogP) is 23.5. The van der Waals surface area contributed by atoms with Crippen molar-refractivity contribution in [3.05, 3.63) is 323 Å². The van der Waals surface area contributed by atoms with Gasteiger partial charge in [0, 0.05) is 28.4 Å². The number of rotatable bonds is 9. The molecular weight excluding hydrogens is 1030 g/mol. The van der Waals surface area contributed by atoms with Crippen LogP contribution in [0.4, 0.5) is 17.1 Å². The van der Waals surface area contributed by atoms with Crippen LogP contribution in [0, 0.1) is 47.5 Å². The molecule has 2 aliphatic rings. The van der Waals surface area contributed by atoms with Gasteiger partial charge in [0.1, 0.15) is 0 Å². The van der Waals surface area contributed by atoms with Gasteiger partial charge in [-0.25, -0.2) is 0 Å². The molecule has 0 saturated heterocycles. The van der Waals surface area contributed by atoms with Crippen molar-refractivity contribution in [1.29, 1.82) is 0 Å². The standard InChI is InChI=1S/C85H67N/c1-53-32-35-59-20-8-11-23-68(59)82(53)76-43-41-65(71-26-14-16-28-73(71)76)62-38-45-79(56(4)50-62)86(80-46-39-63(51-57(80)5)66-42-44-77(74-29-17-15-27-72(66)74)83-54(2)33-36-60-21-9-12-24-69(60)83)81-47-40-64(52-58(81)6)67-48-49-85(7,78-31-19-18-30-75(67)78)84-55(3)34-37-61-22-10-13-25-70(61)84/h8-52,78H,1-7H3. The Morgan fingerprint density at radius 1 is 0.326 bits per heavy atom. The minimum absolute atomic E-state index is 0.169. The molecule has 0 heterocycles. The first kappa shape index (κ1) is 52.7. The number of hydrogen-bond donors (Lipinski definition) is 0. The lowest BCUT2D eigenvalue weighted by molar-refractivity contribution is 0.485. The average molecular weight is 1100 g/mol. The highest BCUT2D eigenvalue weighted by Crippen LogP contribution is 2.52. The van der Waals surface area contributed by atoms with Gasteiger partial charge in [0.05, 0.1) is 0 Å². The van der Waals surface area contributed by atoms with Crippen LogP contribution >= 0.6 is 0 Å². The van der Waals surface area contributed by atoms with Crippen LogP contribution in [0.5, 0.6) is 0 Å². The third-order valence-electron chi connectivity index (χ3n) is 19.2. The van der Waals surface area contributed by atoms with E-state index in [2.05, 4.69) is 326 Å². The van der Waals surface area contributed by atoms with Crippen LogP contribution in [-0.2, 0) is 5.41 Å². The van der Waals surface area contributed by atoms with E-state index in [0.29, 0.717) is 0 Å². The predicted molar refractivity (Wildman–Crippen MR) is 370 cm³/mol. The molecule has 0 amide bonds. The molecule has 15 rings (SSSR count). The number of hydrogen-bond acceptors (Lipinski definition) is 1. The van der Waals surface area contributed by atoms with Crippen LogP contribution in [0.25, 0.3) is 104 Å². The lowest BCUT2D eigenvalue weighted by Gasteiger charge is -2.41. The van der Waals surface area contributed by atoms with Crippen molar-refractivity contribution in [1.82, 2.24) is 0 Å². The van der Waals surface area contributed by atoms with Gasteiger partial charge in [-0.15, -0.1) is 0 Å². The second-order valence-electron chi connectivity index (χ2n) is 24.4. The molecule has 0 radical (unpaired) electrons. The third kappa shape index (κ3) is 8.59. The van der Waals surface area contributed by atoms with E-state index in [1.807, 2.05) is 0 Å². The van der Waals surface area contributed by atoms with Crippen molar-refractivity contribution in [2.45, 2.75) is 53.9 Å². The molecule has 0 spiro atoms. The molecule has 1 heteroatoms. The molecule has 13 aromatic carbocycles. The molecule has 0 saturated carbocycles. The molecular formula is C85H67N. The Bertz CT molecular complexity index is 4880. The molecule has 86 heavy (non-hydrogen) atoms. The lowest BCUT2D eigenvalue weighted by Crippen LogP contribution is -2.34. The highest BCUT2D eigenvalue weighted by atomic mass is 15.1. The minimum atomic E-state index is -0.238. The first-order chi connectivity index (χ1) is 42.0. The number of anilines is 3. The smallest absolute Gasteiger partial charge is 0.0491 e. The van der Waals surface area contributed by atoms with E-state index in [0.717, 1.165) is 17.1 Å². The van der Waals surface area contributed by atoms with E-state index < -0.39 is 0 Å². The topological polar surface area (TPSA) is 3.24 Å². The molecule has 0 bridgehead atoms. The van der Waals surface area contributed by atoms with Crippen LogP contribution in [0.15, 0.2) is 279 Å². The summed E-state index contributed by atoms with van der Waals surface area (Å²) in [5.74, 6) is 0.169. The molecule has 2 aliphatic carbocycles. The van der Waals surface area contributed by atoms with Crippen LogP contribution in [0.2, 0.25) is 0 Å². The summed E-state index contributed by atoms with van der Waals surface area (Å²) >= 11 is 0. The van der Waals surface area contributed by atoms with Crippen molar-refractivity contribution >= 4 is 76.5 Å². The van der Waals surface area contributed by atoms with E-state index in [1.165, 1.54) is 154 Å². The highest BCUT2D eigenvalue weighted by Gasteiger charge is 2.40. The number of nitrogens with zero attached hydrogens (tertiary/aromatic N) is 1. The summed E-state index contributed by atoms with van der Waals surface area (Å²) < 4.78 is 0. The lowest BCUT2D eigenvalue weighted by atomic mass is 9.62. The number of benzene rings is 13. The second-order valence-corrected chi connectivity index (χ2v) is 24.4. The molecule has 1 nitrogen and oxygen atoms in total. The zero-order valence-electron chi connectivity index (χ0n) is 50.0. The van der Waals surface area contributed by atoms with Crippen molar-refractivity contribution in [2.75, 3.05) is 4.90 Å². The molecule has 13 aromatic rings. The molecule has 0 fully saturated rings. The van der Waals surface area contributed by atoms with E-state index in [1.54, 1.807) is 0 Å². The van der Waals surface area contributed by atoms with Crippen LogP contribution in [-0.4, -0.2) is 0 Å². The molecule has 0 aromatic heterocycles. The maximum atomic E-state index is 2.52. The Morgan fingerprint density at radius 2 is 0.721 bits per heavy atom. The van der Waals surface area contributed by atoms with Gasteiger partial charge >= 0.3 is 0 Å². The molecule has 412 valence electrons.